The number of aromatic nitrogens is 3. The number of nitrogens with one attached hydrogen (secondary N) is 1. The molecule has 2 N–H and O–H groups in total. The van der Waals surface area contributed by atoms with Gasteiger partial charge in [-0.3, -0.25) is 0 Å². The molecule has 8 heteroatoms. The highest BCUT2D eigenvalue weighted by Crippen LogP contribution is 2.32. The van der Waals surface area contributed by atoms with E-state index < -0.39 is 5.97 Å². The van der Waals surface area contributed by atoms with Gasteiger partial charge in [0.05, 0.1) is 7.11 Å². The number of ether oxygens (including phenoxy) is 1. The zero-order valence-electron chi connectivity index (χ0n) is 15.3. The Morgan fingerprint density at radius 2 is 1.90 bits per heavy atom. The fourth-order valence-corrected chi connectivity index (χ4v) is 3.40. The SMILES string of the molecule is COc1cccc(Nc2ncc3cc(-c4ccccc4Br)c(C(=O)O)nc3n2)c1. The van der Waals surface area contributed by atoms with E-state index >= 15 is 0 Å². The Bertz CT molecular complexity index is 1230. The van der Waals surface area contributed by atoms with Crippen molar-refractivity contribution in [1.29, 1.82) is 0 Å². The lowest BCUT2D eigenvalue weighted by Crippen LogP contribution is -2.06. The number of rotatable bonds is 5. The molecule has 0 aliphatic carbocycles. The van der Waals surface area contributed by atoms with E-state index in [-0.39, 0.29) is 5.69 Å². The van der Waals surface area contributed by atoms with Gasteiger partial charge in [-0.25, -0.2) is 14.8 Å². The van der Waals surface area contributed by atoms with Crippen molar-refractivity contribution < 1.29 is 14.6 Å². The minimum Gasteiger partial charge on any atom is -0.497 e. The van der Waals surface area contributed by atoms with Gasteiger partial charge in [-0.2, -0.15) is 4.98 Å². The van der Waals surface area contributed by atoms with Crippen LogP contribution in [0.4, 0.5) is 11.6 Å². The van der Waals surface area contributed by atoms with Crippen LogP contribution >= 0.6 is 15.9 Å². The van der Waals surface area contributed by atoms with Gasteiger partial charge in [-0.1, -0.05) is 40.2 Å². The summed E-state index contributed by atoms with van der Waals surface area (Å²) in [5, 5.41) is 13.4. The smallest absolute Gasteiger partial charge is 0.355 e. The summed E-state index contributed by atoms with van der Waals surface area (Å²) in [6.45, 7) is 0. The molecule has 7 nitrogen and oxygen atoms in total. The topological polar surface area (TPSA) is 97.2 Å². The normalized spacial score (nSPS) is 10.7. The summed E-state index contributed by atoms with van der Waals surface area (Å²) in [5.41, 5.74) is 2.19. The number of aromatic carboxylic acids is 1. The van der Waals surface area contributed by atoms with Crippen molar-refractivity contribution >= 4 is 44.6 Å². The number of nitrogens with zero attached hydrogens (tertiary/aromatic N) is 3. The molecule has 0 fully saturated rings. The first-order valence-electron chi connectivity index (χ1n) is 8.62. The molecule has 2 heterocycles. The highest BCUT2D eigenvalue weighted by atomic mass is 79.9. The molecule has 2 aromatic heterocycles. The van der Waals surface area contributed by atoms with Crippen molar-refractivity contribution in [2.75, 3.05) is 12.4 Å². The first-order valence-corrected chi connectivity index (χ1v) is 9.41. The number of carboxylic acids is 1. The standard InChI is InChI=1S/C21H15BrN4O3/c1-29-14-6-4-5-13(10-14)24-21-23-11-12-9-16(15-7-2-3-8-17(15)22)18(20(27)28)25-19(12)26-21/h2-11H,1H3,(H,27,28)(H,23,24,25,26). The maximum Gasteiger partial charge on any atom is 0.355 e. The zero-order chi connectivity index (χ0) is 20.4. The molecular formula is C21H15BrN4O3. The van der Waals surface area contributed by atoms with Crippen molar-refractivity contribution in [3.63, 3.8) is 0 Å². The minimum absolute atomic E-state index is 0.0737. The number of benzene rings is 2. The van der Waals surface area contributed by atoms with E-state index in [0.29, 0.717) is 28.3 Å². The number of fused-ring (bicyclic) bond motifs is 1. The number of carbonyl (C=O) groups is 1. The van der Waals surface area contributed by atoms with E-state index in [9.17, 15) is 9.90 Å². The fourth-order valence-electron chi connectivity index (χ4n) is 2.90. The predicted molar refractivity (Wildman–Crippen MR) is 114 cm³/mol. The number of hydrogen-bond donors (Lipinski definition) is 2. The van der Waals surface area contributed by atoms with Gasteiger partial charge in [0, 0.05) is 33.4 Å². The first-order chi connectivity index (χ1) is 14.0. The molecule has 29 heavy (non-hydrogen) atoms. The van der Waals surface area contributed by atoms with E-state index in [0.717, 1.165) is 15.7 Å². The Morgan fingerprint density at radius 3 is 2.66 bits per heavy atom. The molecule has 0 saturated heterocycles. The lowest BCUT2D eigenvalue weighted by atomic mass is 10.0. The predicted octanol–water partition coefficient (Wildman–Crippen LogP) is 4.90. The Balaban J connectivity index is 1.78. The summed E-state index contributed by atoms with van der Waals surface area (Å²) < 4.78 is 5.99. The summed E-state index contributed by atoms with van der Waals surface area (Å²) in [5.74, 6) is -0.123. The number of hydrogen-bond acceptors (Lipinski definition) is 6. The molecule has 0 bridgehead atoms. The van der Waals surface area contributed by atoms with E-state index in [1.807, 2.05) is 42.5 Å². The third kappa shape index (κ3) is 3.88. The monoisotopic (exact) mass is 450 g/mol. The number of pyridine rings is 1. The van der Waals surface area contributed by atoms with Crippen molar-refractivity contribution in [3.05, 3.63) is 71.0 Å². The average Bonchev–Trinajstić information content (AvgIpc) is 2.73. The second kappa shape index (κ2) is 7.84. The van der Waals surface area contributed by atoms with Gasteiger partial charge >= 0.3 is 5.97 Å². The van der Waals surface area contributed by atoms with Crippen LogP contribution in [0.15, 0.2) is 65.3 Å². The summed E-state index contributed by atoms with van der Waals surface area (Å²) >= 11 is 3.47. The molecule has 144 valence electrons. The van der Waals surface area contributed by atoms with Crippen LogP contribution in [-0.4, -0.2) is 33.1 Å². The molecule has 0 radical (unpaired) electrons. The molecule has 0 atom stereocenters. The van der Waals surface area contributed by atoms with Crippen molar-refractivity contribution in [2.24, 2.45) is 0 Å². The number of halogens is 1. The van der Waals surface area contributed by atoms with E-state index in [1.54, 1.807) is 25.4 Å². The molecular weight excluding hydrogens is 436 g/mol. The van der Waals surface area contributed by atoms with Gasteiger partial charge in [0.15, 0.2) is 11.3 Å². The Morgan fingerprint density at radius 1 is 1.07 bits per heavy atom. The molecule has 4 aromatic rings. The summed E-state index contributed by atoms with van der Waals surface area (Å²) in [6.07, 6.45) is 1.61. The van der Waals surface area contributed by atoms with Crippen LogP contribution in [0.1, 0.15) is 10.5 Å². The third-order valence-electron chi connectivity index (χ3n) is 4.26. The summed E-state index contributed by atoms with van der Waals surface area (Å²) in [4.78, 5) is 24.8. The highest BCUT2D eigenvalue weighted by molar-refractivity contribution is 9.10. The van der Waals surface area contributed by atoms with Gasteiger partial charge in [-0.05, 0) is 29.8 Å². The molecule has 0 amide bonds. The second-order valence-corrected chi connectivity index (χ2v) is 6.99. The van der Waals surface area contributed by atoms with E-state index in [2.05, 4.69) is 36.2 Å². The third-order valence-corrected chi connectivity index (χ3v) is 4.95. The molecule has 0 aliphatic heterocycles. The largest absolute Gasteiger partial charge is 0.497 e. The number of carboxylic acid groups (broad SMARTS) is 1. The summed E-state index contributed by atoms with van der Waals surface area (Å²) in [6, 6.07) is 16.4. The second-order valence-electron chi connectivity index (χ2n) is 6.13. The quantitative estimate of drug-likeness (QED) is 0.445. The first kappa shape index (κ1) is 18.8. The lowest BCUT2D eigenvalue weighted by Gasteiger charge is -2.11. The van der Waals surface area contributed by atoms with Crippen LogP contribution in [-0.2, 0) is 0 Å². The van der Waals surface area contributed by atoms with Crippen LogP contribution in [0.25, 0.3) is 22.2 Å². The molecule has 2 aromatic carbocycles. The van der Waals surface area contributed by atoms with E-state index in [1.165, 1.54) is 0 Å². The van der Waals surface area contributed by atoms with Crippen molar-refractivity contribution in [3.8, 4) is 16.9 Å². The van der Waals surface area contributed by atoms with E-state index in [4.69, 9.17) is 4.74 Å². The van der Waals surface area contributed by atoms with Gasteiger partial charge in [-0.15, -0.1) is 0 Å². The van der Waals surface area contributed by atoms with Gasteiger partial charge in [0.1, 0.15) is 5.75 Å². The number of methoxy groups -OCH3 is 1. The number of anilines is 2. The van der Waals surface area contributed by atoms with Gasteiger partial charge < -0.3 is 15.2 Å². The fraction of sp³-hybridized carbons (Fsp3) is 0.0476. The Labute approximate surface area is 174 Å². The minimum atomic E-state index is -1.13. The zero-order valence-corrected chi connectivity index (χ0v) is 16.8. The summed E-state index contributed by atoms with van der Waals surface area (Å²) in [7, 11) is 1.59. The van der Waals surface area contributed by atoms with Gasteiger partial charge in [0.25, 0.3) is 0 Å². The van der Waals surface area contributed by atoms with Crippen LogP contribution < -0.4 is 10.1 Å². The average molecular weight is 451 g/mol. The molecule has 4 rings (SSSR count). The van der Waals surface area contributed by atoms with Crippen LogP contribution in [0.2, 0.25) is 0 Å². The van der Waals surface area contributed by atoms with Crippen LogP contribution in [0.3, 0.4) is 0 Å². The molecule has 0 saturated carbocycles. The lowest BCUT2D eigenvalue weighted by molar-refractivity contribution is 0.0692. The maximum absolute atomic E-state index is 11.8. The van der Waals surface area contributed by atoms with Crippen LogP contribution in [0, 0.1) is 0 Å². The molecule has 0 unspecified atom stereocenters. The van der Waals surface area contributed by atoms with Crippen molar-refractivity contribution in [2.45, 2.75) is 0 Å². The Kier molecular flexibility index (Phi) is 5.09. The van der Waals surface area contributed by atoms with Crippen LogP contribution in [0.5, 0.6) is 5.75 Å². The Hall–Kier alpha value is -3.52. The molecule has 0 spiro atoms. The van der Waals surface area contributed by atoms with Gasteiger partial charge in [0.2, 0.25) is 5.95 Å². The van der Waals surface area contributed by atoms with Crippen molar-refractivity contribution in [1.82, 2.24) is 15.0 Å². The molecule has 0 aliphatic rings. The maximum atomic E-state index is 11.8. The highest BCUT2D eigenvalue weighted by Gasteiger charge is 2.18.